The zero-order valence-corrected chi connectivity index (χ0v) is 17.2. The van der Waals surface area contributed by atoms with E-state index in [0.29, 0.717) is 11.3 Å². The highest BCUT2D eigenvalue weighted by molar-refractivity contribution is 6.02. The summed E-state index contributed by atoms with van der Waals surface area (Å²) in [7, 11) is 1.56. The molecule has 30 heavy (non-hydrogen) atoms. The molecule has 0 aliphatic carbocycles. The van der Waals surface area contributed by atoms with Crippen LogP contribution in [0.3, 0.4) is 0 Å². The number of aryl methyl sites for hydroxylation is 1. The number of nitrogens with one attached hydrogen (secondary N) is 1. The van der Waals surface area contributed by atoms with Gasteiger partial charge >= 0.3 is 0 Å². The predicted octanol–water partition coefficient (Wildman–Crippen LogP) is 3.76. The van der Waals surface area contributed by atoms with Crippen molar-refractivity contribution in [2.45, 2.75) is 6.92 Å². The minimum atomic E-state index is -0.310. The highest BCUT2D eigenvalue weighted by Gasteiger charge is 2.14. The minimum Gasteiger partial charge on any atom is -0.496 e. The first-order valence-corrected chi connectivity index (χ1v) is 9.99. The smallest absolute Gasteiger partial charge is 0.275 e. The fourth-order valence-corrected chi connectivity index (χ4v) is 3.71. The second-order valence-electron chi connectivity index (χ2n) is 7.24. The van der Waals surface area contributed by atoms with Crippen LogP contribution in [0.15, 0.2) is 59.7 Å². The van der Waals surface area contributed by atoms with Crippen LogP contribution in [0.25, 0.3) is 10.8 Å². The molecule has 1 saturated heterocycles. The maximum absolute atomic E-state index is 12.7. The van der Waals surface area contributed by atoms with Crippen LogP contribution < -0.4 is 15.1 Å². The summed E-state index contributed by atoms with van der Waals surface area (Å²) in [5, 5.41) is 6.14. The fraction of sp³-hybridized carbons (Fsp3) is 0.250. The van der Waals surface area contributed by atoms with E-state index in [9.17, 15) is 4.79 Å². The van der Waals surface area contributed by atoms with Gasteiger partial charge in [0.25, 0.3) is 5.91 Å². The average molecular weight is 403 g/mol. The molecule has 1 aliphatic rings. The zero-order valence-electron chi connectivity index (χ0n) is 17.2. The summed E-state index contributed by atoms with van der Waals surface area (Å²) in [5.41, 5.74) is 6.36. The third-order valence-electron chi connectivity index (χ3n) is 5.26. The molecule has 0 atom stereocenters. The number of amides is 1. The van der Waals surface area contributed by atoms with Gasteiger partial charge in [0.2, 0.25) is 0 Å². The Morgan fingerprint density at radius 2 is 1.83 bits per heavy atom. The Hall–Kier alpha value is -3.38. The van der Waals surface area contributed by atoms with Gasteiger partial charge in [-0.3, -0.25) is 4.79 Å². The number of benzene rings is 3. The second kappa shape index (κ2) is 8.97. The number of fused-ring (bicyclic) bond motifs is 1. The highest BCUT2D eigenvalue weighted by atomic mass is 16.5. The highest BCUT2D eigenvalue weighted by Crippen LogP contribution is 2.26. The largest absolute Gasteiger partial charge is 0.496 e. The molecule has 4 rings (SSSR count). The van der Waals surface area contributed by atoms with Gasteiger partial charge < -0.3 is 14.4 Å². The Morgan fingerprint density at radius 1 is 1.10 bits per heavy atom. The van der Waals surface area contributed by atoms with Crippen molar-refractivity contribution in [3.8, 4) is 5.75 Å². The number of hydrogen-bond acceptors (Lipinski definition) is 5. The van der Waals surface area contributed by atoms with Crippen molar-refractivity contribution in [3.63, 3.8) is 0 Å². The van der Waals surface area contributed by atoms with E-state index in [-0.39, 0.29) is 5.91 Å². The number of carbonyl (C=O) groups is 1. The van der Waals surface area contributed by atoms with Gasteiger partial charge in [-0.1, -0.05) is 30.3 Å². The molecule has 6 nitrogen and oxygen atoms in total. The summed E-state index contributed by atoms with van der Waals surface area (Å²) in [4.78, 5) is 15.0. The number of hydrogen-bond donors (Lipinski definition) is 1. The molecule has 0 saturated carbocycles. The molecule has 1 fully saturated rings. The lowest BCUT2D eigenvalue weighted by atomic mass is 10.1. The van der Waals surface area contributed by atoms with Crippen LogP contribution in [-0.2, 0) is 4.74 Å². The van der Waals surface area contributed by atoms with E-state index in [1.165, 1.54) is 11.3 Å². The zero-order chi connectivity index (χ0) is 20.9. The van der Waals surface area contributed by atoms with Crippen LogP contribution in [0.2, 0.25) is 0 Å². The molecule has 0 bridgehead atoms. The number of anilines is 1. The number of rotatable bonds is 5. The number of morpholine rings is 1. The quantitative estimate of drug-likeness (QED) is 0.521. The fourth-order valence-electron chi connectivity index (χ4n) is 3.71. The second-order valence-corrected chi connectivity index (χ2v) is 7.24. The van der Waals surface area contributed by atoms with Crippen molar-refractivity contribution >= 4 is 28.6 Å². The van der Waals surface area contributed by atoms with Crippen LogP contribution in [-0.4, -0.2) is 45.5 Å². The minimum absolute atomic E-state index is 0.310. The van der Waals surface area contributed by atoms with Gasteiger partial charge in [-0.2, -0.15) is 5.10 Å². The molecule has 0 aromatic heterocycles. The van der Waals surface area contributed by atoms with Gasteiger partial charge in [-0.05, 0) is 53.1 Å². The van der Waals surface area contributed by atoms with E-state index < -0.39 is 0 Å². The van der Waals surface area contributed by atoms with Crippen LogP contribution in [0.4, 0.5) is 5.69 Å². The van der Waals surface area contributed by atoms with E-state index in [2.05, 4.69) is 34.5 Å². The van der Waals surface area contributed by atoms with Crippen molar-refractivity contribution in [1.29, 1.82) is 0 Å². The molecular formula is C24H25N3O3. The third-order valence-corrected chi connectivity index (χ3v) is 5.26. The molecule has 0 unspecified atom stereocenters. The number of ether oxygens (including phenoxy) is 2. The van der Waals surface area contributed by atoms with E-state index in [0.717, 1.165) is 42.6 Å². The third kappa shape index (κ3) is 4.28. The van der Waals surface area contributed by atoms with Crippen LogP contribution in [0.1, 0.15) is 21.5 Å². The summed E-state index contributed by atoms with van der Waals surface area (Å²) in [6.45, 7) is 5.40. The van der Waals surface area contributed by atoms with Crippen LogP contribution >= 0.6 is 0 Å². The topological polar surface area (TPSA) is 63.2 Å². The molecule has 3 aromatic carbocycles. The van der Waals surface area contributed by atoms with Crippen molar-refractivity contribution in [2.24, 2.45) is 5.10 Å². The molecule has 6 heteroatoms. The Bertz CT molecular complexity index is 1090. The average Bonchev–Trinajstić information content (AvgIpc) is 2.78. The van der Waals surface area contributed by atoms with E-state index in [1.54, 1.807) is 13.3 Å². The van der Waals surface area contributed by atoms with Crippen molar-refractivity contribution in [2.75, 3.05) is 38.3 Å². The van der Waals surface area contributed by atoms with Crippen molar-refractivity contribution < 1.29 is 14.3 Å². The van der Waals surface area contributed by atoms with Gasteiger partial charge in [0, 0.05) is 18.8 Å². The number of carbonyl (C=O) groups excluding carboxylic acids is 1. The van der Waals surface area contributed by atoms with Gasteiger partial charge in [-0.25, -0.2) is 5.43 Å². The van der Waals surface area contributed by atoms with Crippen LogP contribution in [0.5, 0.6) is 5.75 Å². The van der Waals surface area contributed by atoms with E-state index in [4.69, 9.17) is 9.47 Å². The molecule has 1 amide bonds. The molecule has 1 heterocycles. The first-order chi connectivity index (χ1) is 14.7. The molecular weight excluding hydrogens is 378 g/mol. The predicted molar refractivity (Wildman–Crippen MR) is 120 cm³/mol. The van der Waals surface area contributed by atoms with E-state index >= 15 is 0 Å². The molecule has 3 aromatic rings. The first kappa shape index (κ1) is 19.9. The monoisotopic (exact) mass is 403 g/mol. The van der Waals surface area contributed by atoms with E-state index in [1.807, 2.05) is 42.5 Å². The summed E-state index contributed by atoms with van der Waals surface area (Å²) < 4.78 is 10.8. The lowest BCUT2D eigenvalue weighted by molar-refractivity contribution is 0.0952. The maximum atomic E-state index is 12.7. The molecule has 0 radical (unpaired) electrons. The summed E-state index contributed by atoms with van der Waals surface area (Å²) in [6.07, 6.45) is 1.65. The Balaban J connectivity index is 1.47. The molecule has 0 spiro atoms. The molecule has 1 aliphatic heterocycles. The normalized spacial score (nSPS) is 14.3. The lowest BCUT2D eigenvalue weighted by Gasteiger charge is -2.30. The summed E-state index contributed by atoms with van der Waals surface area (Å²) in [6, 6.07) is 17.7. The van der Waals surface area contributed by atoms with Crippen molar-refractivity contribution in [1.82, 2.24) is 5.43 Å². The standard InChI is InChI=1S/C24H25N3O3/c1-17-13-18(7-8-22(17)27-9-11-30-12-10-27)16-25-26-24(28)21-14-19-5-3-4-6-20(19)15-23(21)29-2/h3-8,13-16H,9-12H2,1-2H3,(H,26,28). The molecule has 154 valence electrons. The Morgan fingerprint density at radius 3 is 2.53 bits per heavy atom. The number of hydrazone groups is 1. The van der Waals surface area contributed by atoms with Gasteiger partial charge in [-0.15, -0.1) is 0 Å². The Kier molecular flexibility index (Phi) is 5.95. The van der Waals surface area contributed by atoms with Crippen molar-refractivity contribution in [3.05, 3.63) is 71.3 Å². The summed E-state index contributed by atoms with van der Waals surface area (Å²) in [5.74, 6) is 0.211. The number of methoxy groups -OCH3 is 1. The van der Waals surface area contributed by atoms with Gasteiger partial charge in [0.1, 0.15) is 5.75 Å². The molecule has 1 N–H and O–H groups in total. The van der Waals surface area contributed by atoms with Gasteiger partial charge in [0.05, 0.1) is 32.1 Å². The summed E-state index contributed by atoms with van der Waals surface area (Å²) >= 11 is 0. The maximum Gasteiger partial charge on any atom is 0.275 e. The van der Waals surface area contributed by atoms with Gasteiger partial charge in [0.15, 0.2) is 0 Å². The Labute approximate surface area is 176 Å². The van der Waals surface area contributed by atoms with Crippen LogP contribution in [0, 0.1) is 6.92 Å². The first-order valence-electron chi connectivity index (χ1n) is 9.99. The lowest BCUT2D eigenvalue weighted by Crippen LogP contribution is -2.36. The number of nitrogens with zero attached hydrogens (tertiary/aromatic N) is 2. The SMILES string of the molecule is COc1cc2ccccc2cc1C(=O)NN=Cc1ccc(N2CCOCC2)c(C)c1.